The van der Waals surface area contributed by atoms with Crippen LogP contribution in [0, 0.1) is 22.9 Å². The Morgan fingerprint density at radius 3 is 2.52 bits per heavy atom. The van der Waals surface area contributed by atoms with Crippen LogP contribution in [0.15, 0.2) is 79.0 Å². The highest BCUT2D eigenvalue weighted by Crippen LogP contribution is 2.36. The Morgan fingerprint density at radius 2 is 1.73 bits per heavy atom. The molecule has 18 nitrogen and oxygen atoms in total. The molecule has 0 aliphatic carbocycles. The van der Waals surface area contributed by atoms with Crippen LogP contribution in [-0.4, -0.2) is 104 Å². The predicted molar refractivity (Wildman–Crippen MR) is 244 cm³/mol. The molecule has 4 N–H and O–H groups in total. The topological polar surface area (TPSA) is 208 Å². The van der Waals surface area contributed by atoms with Gasteiger partial charge in [0.15, 0.2) is 10.8 Å². The predicted octanol–water partition coefficient (Wildman–Crippen LogP) is 6.29. The summed E-state index contributed by atoms with van der Waals surface area (Å²) in [4.78, 5) is 68.7. The molecule has 2 aliphatic heterocycles. The largest absolute Gasteiger partial charge is 0.385 e. The SMILES string of the molecule is CC(=O)Nc1cc(NCCCCNC(=O)CN2CCN(c3cccc(-c4cnc5ccc(N6CCC[C@@H]6c6cccc(F)c6)nn45)n3)CC2)ccc1C(=O)Nc1nc(C)c([N+](=O)[O-])s1. The summed E-state index contributed by atoms with van der Waals surface area (Å²) in [6, 6.07) is 21.6. The number of carbonyl (C=O) groups is 3. The van der Waals surface area contributed by atoms with E-state index >= 15 is 0 Å². The van der Waals surface area contributed by atoms with E-state index in [4.69, 9.17) is 10.1 Å². The van der Waals surface area contributed by atoms with Gasteiger partial charge in [0.2, 0.25) is 11.8 Å². The molecule has 3 amide bonds. The van der Waals surface area contributed by atoms with Crippen LogP contribution < -0.4 is 31.1 Å². The molecule has 0 radical (unpaired) electrons. The number of imidazole rings is 1. The van der Waals surface area contributed by atoms with Crippen LogP contribution in [0.1, 0.15) is 60.3 Å². The second-order valence-corrected chi connectivity index (χ2v) is 16.7. The molecule has 0 bridgehead atoms. The summed E-state index contributed by atoms with van der Waals surface area (Å²) in [5, 5.41) is 27.7. The molecule has 0 saturated carbocycles. The number of aromatic nitrogens is 5. The summed E-state index contributed by atoms with van der Waals surface area (Å²) >= 11 is 0.759. The number of piperazine rings is 1. The Labute approximate surface area is 372 Å². The number of nitro groups is 1. The molecule has 8 rings (SSSR count). The number of thiazole rings is 1. The minimum Gasteiger partial charge on any atom is -0.385 e. The number of carbonyl (C=O) groups excluding carboxylic acids is 3. The van der Waals surface area contributed by atoms with Gasteiger partial charge in [0.05, 0.1) is 40.7 Å². The van der Waals surface area contributed by atoms with Crippen LogP contribution in [0.25, 0.3) is 17.0 Å². The van der Waals surface area contributed by atoms with Gasteiger partial charge in [-0.25, -0.2) is 23.9 Å². The van der Waals surface area contributed by atoms with E-state index in [0.29, 0.717) is 57.1 Å². The highest BCUT2D eigenvalue weighted by molar-refractivity contribution is 7.19. The molecule has 2 aromatic carbocycles. The minimum atomic E-state index is -0.566. The minimum absolute atomic E-state index is 0.0338. The van der Waals surface area contributed by atoms with E-state index in [1.54, 1.807) is 36.5 Å². The number of hydrogen-bond acceptors (Lipinski definition) is 14. The van der Waals surface area contributed by atoms with Gasteiger partial charge in [0.1, 0.15) is 28.8 Å². The maximum Gasteiger partial charge on any atom is 0.348 e. The molecule has 2 saturated heterocycles. The molecule has 4 aromatic heterocycles. The number of benzene rings is 2. The summed E-state index contributed by atoms with van der Waals surface area (Å²) in [5.41, 5.74) is 4.52. The number of amides is 3. The van der Waals surface area contributed by atoms with Crippen molar-refractivity contribution in [1.82, 2.24) is 34.8 Å². The summed E-state index contributed by atoms with van der Waals surface area (Å²) in [6.45, 7) is 7.91. The van der Waals surface area contributed by atoms with Crippen molar-refractivity contribution in [3.8, 4) is 11.4 Å². The van der Waals surface area contributed by atoms with Crippen molar-refractivity contribution in [3.63, 3.8) is 0 Å². The third kappa shape index (κ3) is 10.2. The van der Waals surface area contributed by atoms with E-state index in [2.05, 4.69) is 45.9 Å². The van der Waals surface area contributed by atoms with E-state index in [-0.39, 0.29) is 50.8 Å². The number of anilines is 5. The average molecular weight is 890 g/mol. The average Bonchev–Trinajstić information content (AvgIpc) is 4.03. The second kappa shape index (κ2) is 19.5. The van der Waals surface area contributed by atoms with Gasteiger partial charge in [0.25, 0.3) is 5.91 Å². The Morgan fingerprint density at radius 1 is 0.922 bits per heavy atom. The number of nitrogens with zero attached hydrogens (tertiary/aromatic N) is 9. The van der Waals surface area contributed by atoms with Gasteiger partial charge in [-0.1, -0.05) is 18.2 Å². The van der Waals surface area contributed by atoms with E-state index in [0.717, 1.165) is 72.2 Å². The second-order valence-electron chi connectivity index (χ2n) is 15.7. The Hall–Kier alpha value is -7.06. The van der Waals surface area contributed by atoms with Crippen molar-refractivity contribution in [1.29, 1.82) is 0 Å². The molecule has 0 spiro atoms. The lowest BCUT2D eigenvalue weighted by Crippen LogP contribution is -2.49. The van der Waals surface area contributed by atoms with Gasteiger partial charge in [0, 0.05) is 58.4 Å². The Kier molecular flexibility index (Phi) is 13.3. The molecule has 2 aliphatic rings. The first-order valence-electron chi connectivity index (χ1n) is 21.2. The number of aryl methyl sites for hydroxylation is 1. The number of hydrogen-bond donors (Lipinski definition) is 4. The fourth-order valence-electron chi connectivity index (χ4n) is 8.06. The van der Waals surface area contributed by atoms with Crippen LogP contribution in [0.2, 0.25) is 0 Å². The van der Waals surface area contributed by atoms with E-state index in [1.807, 2.05) is 40.9 Å². The molecular weight excluding hydrogens is 842 g/mol. The number of rotatable bonds is 16. The van der Waals surface area contributed by atoms with E-state index in [9.17, 15) is 28.9 Å². The highest BCUT2D eigenvalue weighted by Gasteiger charge is 2.29. The molecule has 6 heterocycles. The molecule has 20 heteroatoms. The monoisotopic (exact) mass is 889 g/mol. The molecular formula is C44H48FN13O5S. The van der Waals surface area contributed by atoms with Gasteiger partial charge in [-0.05, 0) is 104 Å². The Balaban J connectivity index is 0.779. The maximum absolute atomic E-state index is 14.1. The van der Waals surface area contributed by atoms with Gasteiger partial charge in [-0.3, -0.25) is 34.7 Å². The van der Waals surface area contributed by atoms with Crippen LogP contribution in [0.4, 0.5) is 37.5 Å². The quantitative estimate of drug-likeness (QED) is 0.0480. The number of unbranched alkanes of at least 4 members (excludes halogenated alkanes) is 1. The number of pyridine rings is 1. The molecule has 1 atom stereocenters. The summed E-state index contributed by atoms with van der Waals surface area (Å²) in [5.74, 6) is 0.445. The lowest BCUT2D eigenvalue weighted by Gasteiger charge is -2.35. The first-order chi connectivity index (χ1) is 31.0. The van der Waals surface area contributed by atoms with Crippen LogP contribution in [-0.2, 0) is 9.59 Å². The lowest BCUT2D eigenvalue weighted by molar-refractivity contribution is -0.380. The van der Waals surface area contributed by atoms with Crippen molar-refractivity contribution >= 4 is 67.8 Å². The third-order valence-corrected chi connectivity index (χ3v) is 12.2. The first-order valence-corrected chi connectivity index (χ1v) is 22.0. The van der Waals surface area contributed by atoms with Crippen molar-refractivity contribution < 1.29 is 23.7 Å². The maximum atomic E-state index is 14.1. The fraction of sp³-hybridized carbons (Fsp3) is 0.341. The molecule has 0 unspecified atom stereocenters. The molecule has 2 fully saturated rings. The first kappa shape index (κ1) is 43.6. The van der Waals surface area contributed by atoms with Crippen LogP contribution in [0.3, 0.4) is 0 Å². The highest BCUT2D eigenvalue weighted by atomic mass is 32.1. The molecule has 6 aromatic rings. The van der Waals surface area contributed by atoms with Crippen LogP contribution >= 0.6 is 11.3 Å². The number of fused-ring (bicyclic) bond motifs is 1. The van der Waals surface area contributed by atoms with Gasteiger partial charge < -0.3 is 25.8 Å². The third-order valence-electron chi connectivity index (χ3n) is 11.2. The number of halogens is 1. The molecule has 332 valence electrons. The zero-order valence-electron chi connectivity index (χ0n) is 35.4. The van der Waals surface area contributed by atoms with E-state index < -0.39 is 10.8 Å². The lowest BCUT2D eigenvalue weighted by atomic mass is 10.0. The van der Waals surface area contributed by atoms with E-state index in [1.165, 1.54) is 19.9 Å². The summed E-state index contributed by atoms with van der Waals surface area (Å²) in [6.07, 6.45) is 5.20. The summed E-state index contributed by atoms with van der Waals surface area (Å²) < 4.78 is 15.9. The summed E-state index contributed by atoms with van der Waals surface area (Å²) in [7, 11) is 0. The number of nitrogens with one attached hydrogen (secondary N) is 4. The normalized spacial score (nSPS) is 15.3. The zero-order chi connectivity index (χ0) is 44.7. The van der Waals surface area contributed by atoms with Crippen LogP contribution in [0.5, 0.6) is 0 Å². The van der Waals surface area contributed by atoms with Crippen molar-refractivity contribution in [3.05, 3.63) is 112 Å². The van der Waals surface area contributed by atoms with Gasteiger partial charge in [-0.2, -0.15) is 0 Å². The molecule has 64 heavy (non-hydrogen) atoms. The Bertz CT molecular complexity index is 2680. The van der Waals surface area contributed by atoms with Crippen molar-refractivity contribution in [2.75, 3.05) is 78.1 Å². The smallest absolute Gasteiger partial charge is 0.348 e. The zero-order valence-corrected chi connectivity index (χ0v) is 36.2. The van der Waals surface area contributed by atoms with Crippen molar-refractivity contribution in [2.45, 2.75) is 45.6 Å². The fourth-order valence-corrected chi connectivity index (χ4v) is 8.84. The van der Waals surface area contributed by atoms with Gasteiger partial charge in [-0.15, -0.1) is 5.10 Å². The van der Waals surface area contributed by atoms with Crippen molar-refractivity contribution in [2.24, 2.45) is 0 Å². The van der Waals surface area contributed by atoms with Gasteiger partial charge >= 0.3 is 5.00 Å². The standard InChI is InChI=1S/C44H48FN13O5S/c1-28-43(58(62)63)64-44(49-28)52-42(61)33-14-13-32(25-35(33)50-29(2)59)46-17-3-4-18-47-41(60)27-54-20-22-55(23-21-54)39-12-6-10-34(51-39)37-26-48-38-15-16-40(53-57(37)38)56-19-7-11-36(56)30-8-5-9-31(45)24-30/h5-6,8-10,12-16,24-26,36,46H,3-4,7,11,17-23,27H2,1-2H3,(H,47,60)(H,50,59)(H,49,52,61)/t36-/m1/s1.